The van der Waals surface area contributed by atoms with Crippen molar-refractivity contribution < 1.29 is 6.85 Å². The number of rotatable bonds is 1. The lowest BCUT2D eigenvalue weighted by Crippen LogP contribution is -1.96. The highest BCUT2D eigenvalue weighted by Gasteiger charge is 2.02. The summed E-state index contributed by atoms with van der Waals surface area (Å²) in [4.78, 5) is 3.97. The van der Waals surface area contributed by atoms with Gasteiger partial charge in [-0.15, -0.1) is 0 Å². The molecule has 0 amide bonds. The molecule has 0 fully saturated rings. The van der Waals surface area contributed by atoms with E-state index in [1.807, 2.05) is 0 Å². The Labute approximate surface area is 91.6 Å². The van der Waals surface area contributed by atoms with Crippen LogP contribution in [0.1, 0.15) is 12.4 Å². The summed E-state index contributed by atoms with van der Waals surface area (Å²) in [6, 6.07) is 3.27. The van der Waals surface area contributed by atoms with Crippen LogP contribution in [0.2, 0.25) is 0 Å². The lowest BCUT2D eigenvalue weighted by Gasteiger charge is -2.01. The number of pyridine rings is 1. The van der Waals surface area contributed by atoms with Crippen LogP contribution in [0.15, 0.2) is 35.3 Å². The summed E-state index contributed by atoms with van der Waals surface area (Å²) < 4.78 is 38.8. The van der Waals surface area contributed by atoms with Crippen molar-refractivity contribution in [3.8, 4) is 5.69 Å². The average Bonchev–Trinajstić information content (AvgIpc) is 2.54. The van der Waals surface area contributed by atoms with Gasteiger partial charge in [0.1, 0.15) is 4.60 Å². The van der Waals surface area contributed by atoms with E-state index in [0.29, 0.717) is 10.3 Å². The fourth-order valence-electron chi connectivity index (χ4n) is 0.906. The number of nitrogens with zero attached hydrogens (tertiary/aromatic N) is 3. The topological polar surface area (TPSA) is 30.7 Å². The largest absolute Gasteiger partial charge is 0.247 e. The molecular weight excluding hydrogens is 230 g/mol. The van der Waals surface area contributed by atoms with Gasteiger partial charge in [0.05, 0.1) is 14.6 Å². The summed E-state index contributed by atoms with van der Waals surface area (Å²) in [7, 11) is 0. The highest BCUT2D eigenvalue weighted by atomic mass is 79.9. The second-order valence-electron chi connectivity index (χ2n) is 2.32. The first-order valence-electron chi connectivity index (χ1n) is 6.00. The van der Waals surface area contributed by atoms with Crippen LogP contribution in [0.5, 0.6) is 0 Å². The van der Waals surface area contributed by atoms with Crippen LogP contribution in [0.3, 0.4) is 0 Å². The molecule has 2 aromatic heterocycles. The van der Waals surface area contributed by atoms with Gasteiger partial charge in [0.2, 0.25) is 0 Å². The molecule has 2 aromatic rings. The van der Waals surface area contributed by atoms with Crippen molar-refractivity contribution in [3.63, 3.8) is 0 Å². The lowest BCUT2D eigenvalue weighted by atomic mass is 10.4. The van der Waals surface area contributed by atoms with E-state index in [1.54, 1.807) is 18.3 Å². The van der Waals surface area contributed by atoms with Gasteiger partial charge in [0.25, 0.3) is 0 Å². The highest BCUT2D eigenvalue weighted by molar-refractivity contribution is 9.10. The maximum Gasteiger partial charge on any atom is 0.131 e. The van der Waals surface area contributed by atoms with Gasteiger partial charge in [-0.05, 0) is 40.5 Å². The third kappa shape index (κ3) is 1.62. The number of hydrogen-bond donors (Lipinski definition) is 0. The lowest BCUT2D eigenvalue weighted by molar-refractivity contribution is 0.867. The van der Waals surface area contributed by atoms with Crippen LogP contribution < -0.4 is 0 Å². The quantitative estimate of drug-likeness (QED) is 0.719. The zero-order chi connectivity index (χ0) is 13.5. The maximum atomic E-state index is 7.83. The van der Waals surface area contributed by atoms with Crippen LogP contribution in [0.4, 0.5) is 0 Å². The molecule has 0 spiro atoms. The minimum absolute atomic E-state index is 0.325. The van der Waals surface area contributed by atoms with E-state index in [4.69, 9.17) is 6.85 Å². The van der Waals surface area contributed by atoms with Gasteiger partial charge in [0.15, 0.2) is 0 Å². The molecule has 0 saturated heterocycles. The molecule has 0 aliphatic heterocycles. The van der Waals surface area contributed by atoms with Crippen molar-refractivity contribution in [3.05, 3.63) is 40.8 Å². The molecule has 0 aliphatic rings. The Hall–Kier alpha value is -1.16. The minimum Gasteiger partial charge on any atom is -0.247 e. The Bertz CT molecular complexity index is 592. The normalized spacial score (nSPS) is 16.8. The number of hydrogen-bond acceptors (Lipinski definition) is 2. The van der Waals surface area contributed by atoms with E-state index in [-0.39, 0.29) is 11.7 Å². The van der Waals surface area contributed by atoms with Gasteiger partial charge in [-0.3, -0.25) is 0 Å². The molecule has 0 aliphatic carbocycles. The third-order valence-electron chi connectivity index (χ3n) is 1.45. The fraction of sp³-hybridized carbons (Fsp3) is 0.111. The molecule has 3 nitrogen and oxygen atoms in total. The Morgan fingerprint density at radius 1 is 1.69 bits per heavy atom. The monoisotopic (exact) mass is 242 g/mol. The molecule has 4 heteroatoms. The molecule has 0 radical (unpaired) electrons. The third-order valence-corrected chi connectivity index (χ3v) is 2.06. The number of halogens is 1. The summed E-state index contributed by atoms with van der Waals surface area (Å²) in [5.74, 6) is 0. The summed E-state index contributed by atoms with van der Waals surface area (Å²) in [6.45, 7) is -2.53. The van der Waals surface area contributed by atoms with Crippen molar-refractivity contribution in [2.24, 2.45) is 0 Å². The van der Waals surface area contributed by atoms with Crippen LogP contribution >= 0.6 is 15.9 Å². The maximum absolute atomic E-state index is 7.83. The predicted molar refractivity (Wildman–Crippen MR) is 53.8 cm³/mol. The Balaban J connectivity index is 2.66. The molecule has 2 rings (SSSR count). The first kappa shape index (κ1) is 4.37. The van der Waals surface area contributed by atoms with Gasteiger partial charge in [0, 0.05) is 16.5 Å². The van der Waals surface area contributed by atoms with Crippen molar-refractivity contribution >= 4 is 15.9 Å². The second kappa shape index (κ2) is 3.30. The molecule has 0 saturated carbocycles. The van der Waals surface area contributed by atoms with Gasteiger partial charge in [-0.25, -0.2) is 9.67 Å². The first-order valence-corrected chi connectivity index (χ1v) is 4.29. The van der Waals surface area contributed by atoms with Crippen molar-refractivity contribution in [2.45, 2.75) is 6.85 Å². The summed E-state index contributed by atoms with van der Waals surface area (Å²) in [5, 5.41) is 3.77. The molecule has 13 heavy (non-hydrogen) atoms. The SMILES string of the molecule is [2H]c1nn(-c2cccnc2Br)c([2H])c1C([2H])([2H])[2H]. The first-order chi connectivity index (χ1) is 8.32. The molecule has 0 unspecified atom stereocenters. The molecule has 2 heterocycles. The molecule has 0 aromatic carbocycles. The smallest absolute Gasteiger partial charge is 0.131 e. The van der Waals surface area contributed by atoms with E-state index in [1.165, 1.54) is 0 Å². The molecule has 0 atom stereocenters. The van der Waals surface area contributed by atoms with Crippen LogP contribution in [0.25, 0.3) is 5.69 Å². The van der Waals surface area contributed by atoms with Crippen molar-refractivity contribution in [1.29, 1.82) is 0 Å². The van der Waals surface area contributed by atoms with Gasteiger partial charge < -0.3 is 0 Å². The number of aromatic nitrogens is 3. The molecule has 0 bridgehead atoms. The van der Waals surface area contributed by atoms with Crippen molar-refractivity contribution in [2.75, 3.05) is 0 Å². The zero-order valence-corrected chi connectivity index (χ0v) is 8.04. The van der Waals surface area contributed by atoms with Crippen molar-refractivity contribution in [1.82, 2.24) is 14.8 Å². The van der Waals surface area contributed by atoms with E-state index >= 15 is 0 Å². The van der Waals surface area contributed by atoms with E-state index in [9.17, 15) is 0 Å². The van der Waals surface area contributed by atoms with Gasteiger partial charge >= 0.3 is 0 Å². The predicted octanol–water partition coefficient (Wildman–Crippen LogP) is 2.34. The van der Waals surface area contributed by atoms with E-state index in [0.717, 1.165) is 4.68 Å². The second-order valence-corrected chi connectivity index (χ2v) is 3.07. The van der Waals surface area contributed by atoms with Gasteiger partial charge in [-0.1, -0.05) is 0 Å². The van der Waals surface area contributed by atoms with Crippen LogP contribution in [-0.4, -0.2) is 14.8 Å². The molecular formula is C9H8BrN3. The molecule has 66 valence electrons. The van der Waals surface area contributed by atoms with E-state index < -0.39 is 13.0 Å². The summed E-state index contributed by atoms with van der Waals surface area (Å²) in [6.07, 6.45) is 0.803. The Kier molecular flexibility index (Phi) is 1.11. The Morgan fingerprint density at radius 3 is 3.31 bits per heavy atom. The molecule has 0 N–H and O–H groups in total. The summed E-state index contributed by atoms with van der Waals surface area (Å²) >= 11 is 3.19. The fourth-order valence-corrected chi connectivity index (χ4v) is 1.32. The van der Waals surface area contributed by atoms with Crippen LogP contribution in [0, 0.1) is 6.85 Å². The van der Waals surface area contributed by atoms with Gasteiger partial charge in [-0.2, -0.15) is 5.10 Å². The minimum atomic E-state index is -2.53. The zero-order valence-electron chi connectivity index (χ0n) is 11.5. The van der Waals surface area contributed by atoms with E-state index in [2.05, 4.69) is 26.0 Å². The Morgan fingerprint density at radius 2 is 2.62 bits per heavy atom. The average molecular weight is 243 g/mol. The standard InChI is InChI=1S/C9H8BrN3/c1-7-5-12-13(6-7)8-3-2-4-11-9(8)10/h2-6H,1H3/i1D3,5D,6D. The highest BCUT2D eigenvalue weighted by Crippen LogP contribution is 2.16. The summed E-state index contributed by atoms with van der Waals surface area (Å²) in [5.41, 5.74) is 0.0600. The van der Waals surface area contributed by atoms with Crippen LogP contribution in [-0.2, 0) is 0 Å².